The molecular weight excluding hydrogens is 752 g/mol. The number of aromatic nitrogens is 2. The van der Waals surface area contributed by atoms with Gasteiger partial charge in [0.1, 0.15) is 0 Å². The molecule has 0 radical (unpaired) electrons. The largest absolute Gasteiger partial charge is 0.416 e. The molecule has 0 spiro atoms. The molecule has 10 rings (SSSR count). The van der Waals surface area contributed by atoms with Crippen molar-refractivity contribution in [3.05, 3.63) is 192 Å². The molecule has 2 aromatic heterocycles. The van der Waals surface area contributed by atoms with E-state index in [2.05, 4.69) is 30.3 Å². The van der Waals surface area contributed by atoms with Crippen LogP contribution in [-0.4, -0.2) is 9.13 Å². The Labute approximate surface area is 341 Å². The van der Waals surface area contributed by atoms with Gasteiger partial charge in [0.25, 0.3) is 0 Å². The lowest BCUT2D eigenvalue weighted by atomic mass is 9.96. The van der Waals surface area contributed by atoms with Gasteiger partial charge in [-0.25, -0.2) is 0 Å². The molecule has 0 atom stereocenters. The SMILES string of the molecule is N#Cc1ccc(-c2ccc3c(c2)c2ccccc2n3-c2ccc(C(F)(F)F)cc2-c2ccc(C#N)cc2-n2c3ccccc3c3cc(-c4ccc(C#N)cc4)ccc32)cc1. The zero-order valence-corrected chi connectivity index (χ0v) is 31.5. The summed E-state index contributed by atoms with van der Waals surface area (Å²) in [5, 5.41) is 32.6. The molecule has 0 bridgehead atoms. The summed E-state index contributed by atoms with van der Waals surface area (Å²) in [5.41, 5.74) is 9.60. The van der Waals surface area contributed by atoms with E-state index in [0.29, 0.717) is 39.2 Å². The third-order valence-corrected chi connectivity index (χ3v) is 11.3. The first kappa shape index (κ1) is 36.0. The summed E-state index contributed by atoms with van der Waals surface area (Å²) in [5.74, 6) is 0. The van der Waals surface area contributed by atoms with Gasteiger partial charge in [-0.1, -0.05) is 78.9 Å². The molecule has 0 saturated carbocycles. The van der Waals surface area contributed by atoms with Crippen molar-refractivity contribution in [1.29, 1.82) is 15.8 Å². The van der Waals surface area contributed by atoms with Crippen molar-refractivity contribution >= 4 is 43.6 Å². The van der Waals surface area contributed by atoms with Crippen molar-refractivity contribution in [3.8, 4) is 63.0 Å². The second-order valence-electron chi connectivity index (χ2n) is 14.6. The van der Waals surface area contributed by atoms with Crippen molar-refractivity contribution in [2.24, 2.45) is 0 Å². The van der Waals surface area contributed by atoms with Crippen molar-refractivity contribution in [2.75, 3.05) is 0 Å². The summed E-state index contributed by atoms with van der Waals surface area (Å²) in [7, 11) is 0. The summed E-state index contributed by atoms with van der Waals surface area (Å²) in [4.78, 5) is 0. The maximum atomic E-state index is 14.8. The molecule has 5 nitrogen and oxygen atoms in total. The van der Waals surface area contributed by atoms with E-state index in [1.54, 1.807) is 42.5 Å². The zero-order valence-electron chi connectivity index (χ0n) is 31.5. The van der Waals surface area contributed by atoms with Gasteiger partial charge in [0.05, 0.1) is 73.9 Å². The van der Waals surface area contributed by atoms with Crippen LogP contribution in [0, 0.1) is 34.0 Å². The molecule has 0 fully saturated rings. The first-order valence-corrected chi connectivity index (χ1v) is 19.1. The molecule has 2 heterocycles. The van der Waals surface area contributed by atoms with Crippen LogP contribution in [-0.2, 0) is 6.18 Å². The zero-order chi connectivity index (χ0) is 41.1. The molecule has 0 amide bonds. The minimum atomic E-state index is -4.63. The molecule has 0 N–H and O–H groups in total. The van der Waals surface area contributed by atoms with Crippen LogP contribution in [0.15, 0.2) is 170 Å². The molecule has 0 aliphatic heterocycles. The number of rotatable bonds is 5. The van der Waals surface area contributed by atoms with Crippen LogP contribution in [0.1, 0.15) is 22.3 Å². The summed E-state index contributed by atoms with van der Waals surface area (Å²) in [6, 6.07) is 58.2. The molecule has 0 aliphatic carbocycles. The Morgan fingerprint density at radius 3 is 1.32 bits per heavy atom. The highest BCUT2D eigenvalue weighted by molar-refractivity contribution is 6.12. The van der Waals surface area contributed by atoms with Crippen LogP contribution in [0.2, 0.25) is 0 Å². The van der Waals surface area contributed by atoms with E-state index in [0.717, 1.165) is 71.9 Å². The number of hydrogen-bond donors (Lipinski definition) is 0. The second kappa shape index (κ2) is 13.9. The lowest BCUT2D eigenvalue weighted by molar-refractivity contribution is -0.137. The highest BCUT2D eigenvalue weighted by atomic mass is 19.4. The predicted octanol–water partition coefficient (Wildman–Crippen LogP) is 13.5. The normalized spacial score (nSPS) is 11.5. The van der Waals surface area contributed by atoms with Crippen LogP contribution in [0.4, 0.5) is 13.2 Å². The number of nitrogens with zero attached hydrogens (tertiary/aromatic N) is 5. The maximum Gasteiger partial charge on any atom is 0.416 e. The van der Waals surface area contributed by atoms with E-state index in [9.17, 15) is 29.0 Å². The summed E-state index contributed by atoms with van der Waals surface area (Å²) >= 11 is 0. The summed E-state index contributed by atoms with van der Waals surface area (Å²) < 4.78 is 48.3. The van der Waals surface area contributed by atoms with E-state index in [4.69, 9.17) is 0 Å². The van der Waals surface area contributed by atoms with Crippen LogP contribution in [0.25, 0.3) is 88.4 Å². The Morgan fingerprint density at radius 1 is 0.367 bits per heavy atom. The molecule has 0 aliphatic rings. The summed E-state index contributed by atoms with van der Waals surface area (Å²) in [6.07, 6.45) is -4.63. The van der Waals surface area contributed by atoms with Gasteiger partial charge in [0.15, 0.2) is 0 Å². The molecule has 0 unspecified atom stereocenters. The third-order valence-electron chi connectivity index (χ3n) is 11.3. The Morgan fingerprint density at radius 2 is 0.817 bits per heavy atom. The van der Waals surface area contributed by atoms with Crippen LogP contribution in [0.3, 0.4) is 0 Å². The van der Waals surface area contributed by atoms with Crippen molar-refractivity contribution in [1.82, 2.24) is 9.13 Å². The van der Waals surface area contributed by atoms with Gasteiger partial charge in [-0.15, -0.1) is 0 Å². The molecule has 8 heteroatoms. The number of para-hydroxylation sites is 2. The van der Waals surface area contributed by atoms with Gasteiger partial charge in [-0.3, -0.25) is 0 Å². The van der Waals surface area contributed by atoms with Gasteiger partial charge in [0.2, 0.25) is 0 Å². The quantitative estimate of drug-likeness (QED) is 0.174. The van der Waals surface area contributed by atoms with Crippen molar-refractivity contribution in [2.45, 2.75) is 6.18 Å². The lowest BCUT2D eigenvalue weighted by Gasteiger charge is -2.20. The molecular formula is C52H28F3N5. The lowest BCUT2D eigenvalue weighted by Crippen LogP contribution is -2.08. The maximum absolute atomic E-state index is 14.8. The predicted molar refractivity (Wildman–Crippen MR) is 231 cm³/mol. The fourth-order valence-electron chi connectivity index (χ4n) is 8.44. The van der Waals surface area contributed by atoms with Crippen LogP contribution in [0.5, 0.6) is 0 Å². The molecule has 10 aromatic rings. The van der Waals surface area contributed by atoms with Gasteiger partial charge >= 0.3 is 6.18 Å². The first-order valence-electron chi connectivity index (χ1n) is 19.1. The van der Waals surface area contributed by atoms with E-state index in [1.807, 2.05) is 106 Å². The van der Waals surface area contributed by atoms with Gasteiger partial charge in [-0.05, 0) is 113 Å². The van der Waals surface area contributed by atoms with Crippen molar-refractivity contribution < 1.29 is 13.2 Å². The Kier molecular flexibility index (Phi) is 8.35. The van der Waals surface area contributed by atoms with Gasteiger partial charge < -0.3 is 9.13 Å². The standard InChI is InChI=1S/C52H28F3N5/c53-52(54,55)39-20-24-50(59-46-7-3-1-5-40(46)43-26-37(18-22-48(43)59)35-14-9-32(29-56)10-15-35)45(28-39)42-21-13-34(31-58)25-51(42)60-47-8-4-2-6-41(47)44-27-38(19-23-49(44)60)36-16-11-33(30-57)12-17-36/h1-28H. The van der Waals surface area contributed by atoms with Crippen LogP contribution >= 0.6 is 0 Å². The molecule has 282 valence electrons. The second-order valence-corrected chi connectivity index (χ2v) is 14.6. The Hall–Kier alpha value is -8.38. The van der Waals surface area contributed by atoms with E-state index >= 15 is 0 Å². The fourth-order valence-corrected chi connectivity index (χ4v) is 8.44. The van der Waals surface area contributed by atoms with E-state index < -0.39 is 11.7 Å². The minimum Gasteiger partial charge on any atom is -0.309 e. The van der Waals surface area contributed by atoms with Crippen LogP contribution < -0.4 is 0 Å². The minimum absolute atomic E-state index is 0.336. The van der Waals surface area contributed by atoms with Gasteiger partial charge in [-0.2, -0.15) is 29.0 Å². The highest BCUT2D eigenvalue weighted by Gasteiger charge is 2.32. The molecule has 0 saturated heterocycles. The Balaban J connectivity index is 1.24. The van der Waals surface area contributed by atoms with Crippen molar-refractivity contribution in [3.63, 3.8) is 0 Å². The average molecular weight is 780 g/mol. The average Bonchev–Trinajstić information content (AvgIpc) is 3.80. The smallest absolute Gasteiger partial charge is 0.309 e. The number of benzene rings is 8. The number of alkyl halides is 3. The van der Waals surface area contributed by atoms with E-state index in [1.165, 1.54) is 12.1 Å². The van der Waals surface area contributed by atoms with E-state index in [-0.39, 0.29) is 0 Å². The third kappa shape index (κ3) is 5.85. The Bertz CT molecular complexity index is 3500. The number of hydrogen-bond acceptors (Lipinski definition) is 3. The first-order chi connectivity index (χ1) is 29.2. The highest BCUT2D eigenvalue weighted by Crippen LogP contribution is 2.44. The number of nitriles is 3. The molecule has 8 aromatic carbocycles. The van der Waals surface area contributed by atoms with Gasteiger partial charge in [0, 0.05) is 32.7 Å². The summed E-state index contributed by atoms with van der Waals surface area (Å²) in [6.45, 7) is 0. The topological polar surface area (TPSA) is 81.2 Å². The number of fused-ring (bicyclic) bond motifs is 6. The monoisotopic (exact) mass is 779 g/mol. The fraction of sp³-hybridized carbons (Fsp3) is 0.0192. The molecule has 60 heavy (non-hydrogen) atoms. The number of halogens is 3.